The van der Waals surface area contributed by atoms with Gasteiger partial charge in [-0.1, -0.05) is 11.6 Å². The van der Waals surface area contributed by atoms with Crippen LogP contribution in [0.25, 0.3) is 11.3 Å². The summed E-state index contributed by atoms with van der Waals surface area (Å²) in [7, 11) is 1.27. The number of rotatable bonds is 2. The van der Waals surface area contributed by atoms with Crippen LogP contribution in [0.4, 0.5) is 0 Å². The van der Waals surface area contributed by atoms with Gasteiger partial charge in [0.15, 0.2) is 5.69 Å². The topological polar surface area (TPSA) is 72.3 Å². The molecule has 98 valence electrons. The molecule has 0 atom stereocenters. The summed E-state index contributed by atoms with van der Waals surface area (Å²) in [4.78, 5) is 11.2. The molecular weight excluding hydrogens is 268 g/mol. The Bertz CT molecular complexity index is 603. The third-order valence-corrected chi connectivity index (χ3v) is 2.81. The van der Waals surface area contributed by atoms with Crippen molar-refractivity contribution in [3.05, 3.63) is 40.5 Å². The minimum atomic E-state index is -0.559. The molecule has 0 bridgehead atoms. The largest absolute Gasteiger partial charge is 0.507 e. The molecule has 0 aliphatic heterocycles. The van der Waals surface area contributed by atoms with E-state index in [-0.39, 0.29) is 11.4 Å². The average molecular weight is 279 g/mol. The van der Waals surface area contributed by atoms with Gasteiger partial charge in [0.2, 0.25) is 0 Å². The van der Waals surface area contributed by atoms with Gasteiger partial charge >= 0.3 is 5.97 Å². The Morgan fingerprint density at radius 1 is 1.32 bits per heavy atom. The maximum atomic E-state index is 11.2. The Hall–Kier alpha value is -2.14. The molecule has 0 aliphatic rings. The number of phenols is 1. The van der Waals surface area contributed by atoms with E-state index in [0.717, 1.165) is 5.56 Å². The second kappa shape index (κ2) is 5.24. The van der Waals surface area contributed by atoms with Gasteiger partial charge in [0.25, 0.3) is 0 Å². The number of ether oxygens (including phenoxy) is 1. The minimum Gasteiger partial charge on any atom is -0.507 e. The summed E-state index contributed by atoms with van der Waals surface area (Å²) in [5.74, 6) is -0.541. The van der Waals surface area contributed by atoms with Crippen LogP contribution in [-0.2, 0) is 4.74 Å². The average Bonchev–Trinajstić information content (AvgIpc) is 2.37. The molecule has 0 saturated carbocycles. The van der Waals surface area contributed by atoms with E-state index in [1.54, 1.807) is 19.1 Å². The molecule has 0 fully saturated rings. The zero-order chi connectivity index (χ0) is 14.0. The van der Waals surface area contributed by atoms with Crippen LogP contribution in [0.3, 0.4) is 0 Å². The number of aromatic nitrogens is 2. The Balaban J connectivity index is 2.46. The van der Waals surface area contributed by atoms with Crippen molar-refractivity contribution < 1.29 is 14.6 Å². The lowest BCUT2D eigenvalue weighted by Crippen LogP contribution is -2.05. The quantitative estimate of drug-likeness (QED) is 0.855. The van der Waals surface area contributed by atoms with E-state index in [1.165, 1.54) is 19.2 Å². The number of aryl methyl sites for hydroxylation is 1. The van der Waals surface area contributed by atoms with Crippen LogP contribution < -0.4 is 0 Å². The maximum absolute atomic E-state index is 11.2. The number of esters is 1. The number of carbonyl (C=O) groups is 1. The number of benzene rings is 1. The molecule has 0 radical (unpaired) electrons. The molecule has 2 rings (SSSR count). The van der Waals surface area contributed by atoms with Gasteiger partial charge in [0.1, 0.15) is 5.75 Å². The molecule has 0 unspecified atom stereocenters. The smallest absolute Gasteiger partial charge is 0.358 e. The van der Waals surface area contributed by atoms with Crippen molar-refractivity contribution in [3.8, 4) is 17.0 Å². The van der Waals surface area contributed by atoms with Gasteiger partial charge in [0, 0.05) is 10.6 Å². The van der Waals surface area contributed by atoms with Gasteiger partial charge in [-0.2, -0.15) is 0 Å². The Labute approximate surface area is 114 Å². The van der Waals surface area contributed by atoms with Crippen molar-refractivity contribution >= 4 is 17.6 Å². The molecule has 1 aromatic heterocycles. The molecule has 1 aromatic carbocycles. The Kier molecular flexibility index (Phi) is 3.66. The van der Waals surface area contributed by atoms with Gasteiger partial charge in [-0.25, -0.2) is 4.79 Å². The molecule has 0 amide bonds. The van der Waals surface area contributed by atoms with Gasteiger partial charge in [-0.15, -0.1) is 10.2 Å². The second-order valence-electron chi connectivity index (χ2n) is 3.91. The summed E-state index contributed by atoms with van der Waals surface area (Å²) in [5.41, 5.74) is 1.87. The van der Waals surface area contributed by atoms with E-state index in [4.69, 9.17) is 11.6 Å². The fourth-order valence-corrected chi connectivity index (χ4v) is 2.00. The number of aromatic hydroxyl groups is 1. The summed E-state index contributed by atoms with van der Waals surface area (Å²) < 4.78 is 4.54. The molecular formula is C13H11ClN2O3. The number of nitrogens with zero attached hydrogens (tertiary/aromatic N) is 2. The normalized spacial score (nSPS) is 10.3. The summed E-state index contributed by atoms with van der Waals surface area (Å²) in [5, 5.41) is 18.0. The molecule has 1 heterocycles. The van der Waals surface area contributed by atoms with Crippen LogP contribution in [0.1, 0.15) is 16.1 Å². The maximum Gasteiger partial charge on any atom is 0.358 e. The number of halogens is 1. The van der Waals surface area contributed by atoms with Crippen molar-refractivity contribution in [2.45, 2.75) is 6.92 Å². The molecule has 0 spiro atoms. The Morgan fingerprint density at radius 2 is 2.05 bits per heavy atom. The summed E-state index contributed by atoms with van der Waals surface area (Å²) in [6, 6.07) is 6.23. The van der Waals surface area contributed by atoms with E-state index >= 15 is 0 Å². The van der Waals surface area contributed by atoms with Crippen LogP contribution in [0, 0.1) is 6.92 Å². The van der Waals surface area contributed by atoms with Gasteiger partial charge in [-0.05, 0) is 36.8 Å². The highest BCUT2D eigenvalue weighted by molar-refractivity contribution is 6.31. The molecule has 19 heavy (non-hydrogen) atoms. The Morgan fingerprint density at radius 3 is 2.58 bits per heavy atom. The third-order valence-electron chi connectivity index (χ3n) is 2.59. The van der Waals surface area contributed by atoms with Crippen LogP contribution in [0.5, 0.6) is 5.75 Å². The van der Waals surface area contributed by atoms with E-state index in [9.17, 15) is 9.90 Å². The highest BCUT2D eigenvalue weighted by atomic mass is 35.5. The summed E-state index contributed by atoms with van der Waals surface area (Å²) in [6.07, 6.45) is 0. The zero-order valence-corrected chi connectivity index (χ0v) is 11.1. The first-order valence-electron chi connectivity index (χ1n) is 5.44. The first-order chi connectivity index (χ1) is 9.02. The SMILES string of the molecule is COC(=O)c1ccc(-c2c(C)cc(Cl)cc2O)nn1. The molecule has 1 N–H and O–H groups in total. The highest BCUT2D eigenvalue weighted by Gasteiger charge is 2.13. The van der Waals surface area contributed by atoms with E-state index in [2.05, 4.69) is 14.9 Å². The molecule has 0 saturated heterocycles. The fourth-order valence-electron chi connectivity index (χ4n) is 1.74. The van der Waals surface area contributed by atoms with Crippen molar-refractivity contribution in [2.24, 2.45) is 0 Å². The first-order valence-corrected chi connectivity index (χ1v) is 5.82. The number of methoxy groups -OCH3 is 1. The summed E-state index contributed by atoms with van der Waals surface area (Å²) in [6.45, 7) is 1.80. The van der Waals surface area contributed by atoms with Crippen LogP contribution in [0.2, 0.25) is 5.02 Å². The minimum absolute atomic E-state index is 0.0186. The lowest BCUT2D eigenvalue weighted by atomic mass is 10.0. The molecule has 0 aliphatic carbocycles. The third kappa shape index (κ3) is 2.66. The lowest BCUT2D eigenvalue weighted by Gasteiger charge is -2.08. The zero-order valence-electron chi connectivity index (χ0n) is 10.3. The van der Waals surface area contributed by atoms with E-state index < -0.39 is 5.97 Å². The monoisotopic (exact) mass is 278 g/mol. The number of hydrogen-bond donors (Lipinski definition) is 1. The number of hydrogen-bond acceptors (Lipinski definition) is 5. The first kappa shape index (κ1) is 13.3. The van der Waals surface area contributed by atoms with Crippen molar-refractivity contribution in [2.75, 3.05) is 7.11 Å². The van der Waals surface area contributed by atoms with Gasteiger partial charge in [-0.3, -0.25) is 0 Å². The van der Waals surface area contributed by atoms with E-state index in [1.807, 2.05) is 0 Å². The molecule has 2 aromatic rings. The number of phenolic OH excluding ortho intramolecular Hbond substituents is 1. The summed E-state index contributed by atoms with van der Waals surface area (Å²) >= 11 is 5.84. The van der Waals surface area contributed by atoms with Crippen molar-refractivity contribution in [3.63, 3.8) is 0 Å². The van der Waals surface area contributed by atoms with Gasteiger partial charge in [0.05, 0.1) is 12.8 Å². The molecule has 6 heteroatoms. The van der Waals surface area contributed by atoms with Crippen molar-refractivity contribution in [1.82, 2.24) is 10.2 Å². The number of carbonyl (C=O) groups excluding carboxylic acids is 1. The second-order valence-corrected chi connectivity index (χ2v) is 4.35. The highest BCUT2D eigenvalue weighted by Crippen LogP contribution is 2.33. The van der Waals surface area contributed by atoms with Gasteiger partial charge < -0.3 is 9.84 Å². The van der Waals surface area contributed by atoms with Crippen LogP contribution in [-0.4, -0.2) is 28.4 Å². The van der Waals surface area contributed by atoms with Crippen LogP contribution >= 0.6 is 11.6 Å². The van der Waals surface area contributed by atoms with Crippen molar-refractivity contribution in [1.29, 1.82) is 0 Å². The molecule has 5 nitrogen and oxygen atoms in total. The van der Waals surface area contributed by atoms with E-state index in [0.29, 0.717) is 16.3 Å². The van der Waals surface area contributed by atoms with Crippen LogP contribution in [0.15, 0.2) is 24.3 Å². The standard InChI is InChI=1S/C13H11ClN2O3/c1-7-5-8(14)6-11(17)12(7)9-3-4-10(16-15-9)13(18)19-2/h3-6,17H,1-2H3. The predicted octanol–water partition coefficient (Wildman–Crippen LogP) is 2.60. The lowest BCUT2D eigenvalue weighted by molar-refractivity contribution is 0.0593. The fraction of sp³-hybridized carbons (Fsp3) is 0.154. The predicted molar refractivity (Wildman–Crippen MR) is 70.2 cm³/mol.